The van der Waals surface area contributed by atoms with Crippen LogP contribution in [0, 0.1) is 5.92 Å². The molecule has 0 spiro atoms. The summed E-state index contributed by atoms with van der Waals surface area (Å²) in [5, 5.41) is 12.9. The van der Waals surface area contributed by atoms with Crippen molar-refractivity contribution in [3.63, 3.8) is 0 Å². The Morgan fingerprint density at radius 1 is 1.33 bits per heavy atom. The van der Waals surface area contributed by atoms with E-state index in [1.54, 1.807) is 12.1 Å². The van der Waals surface area contributed by atoms with Crippen LogP contribution in [0.1, 0.15) is 24.4 Å². The first-order chi connectivity index (χ1) is 8.83. The van der Waals surface area contributed by atoms with Gasteiger partial charge in [-0.25, -0.2) is 0 Å². The summed E-state index contributed by atoms with van der Waals surface area (Å²) in [6.45, 7) is 3.47. The third kappa shape index (κ3) is 2.44. The molecule has 1 aromatic carbocycles. The first kappa shape index (κ1) is 11.8. The molecule has 0 radical (unpaired) electrons. The number of rotatable bonds is 4. The fourth-order valence-corrected chi connectivity index (χ4v) is 2.64. The molecule has 1 aromatic rings. The number of benzene rings is 1. The van der Waals surface area contributed by atoms with E-state index in [9.17, 15) is 5.11 Å². The van der Waals surface area contributed by atoms with Crippen LogP contribution in [0.3, 0.4) is 0 Å². The summed E-state index contributed by atoms with van der Waals surface area (Å²) >= 11 is 0. The van der Waals surface area contributed by atoms with Crippen LogP contribution < -0.4 is 10.1 Å². The minimum absolute atomic E-state index is 0.253. The first-order valence-electron chi connectivity index (χ1n) is 6.60. The van der Waals surface area contributed by atoms with Gasteiger partial charge in [-0.15, -0.1) is 0 Å². The molecule has 4 nitrogen and oxygen atoms in total. The van der Waals surface area contributed by atoms with Crippen LogP contribution in [0.25, 0.3) is 0 Å². The summed E-state index contributed by atoms with van der Waals surface area (Å²) in [4.78, 5) is 0. The summed E-state index contributed by atoms with van der Waals surface area (Å²) < 4.78 is 10.9. The van der Waals surface area contributed by atoms with Gasteiger partial charge in [-0.05, 0) is 37.4 Å². The van der Waals surface area contributed by atoms with Crippen molar-refractivity contribution in [1.29, 1.82) is 0 Å². The molecule has 0 amide bonds. The quantitative estimate of drug-likeness (QED) is 0.855. The molecule has 2 heterocycles. The van der Waals surface area contributed by atoms with Gasteiger partial charge in [0.25, 0.3) is 0 Å². The number of hydrogen-bond donors (Lipinski definition) is 2. The zero-order valence-corrected chi connectivity index (χ0v) is 10.4. The maximum atomic E-state index is 9.39. The lowest BCUT2D eigenvalue weighted by atomic mass is 10.0. The number of ether oxygens (including phenoxy) is 2. The average Bonchev–Trinajstić information content (AvgIpc) is 2.99. The minimum Gasteiger partial charge on any atom is -0.508 e. The molecule has 2 aliphatic rings. The molecule has 2 aliphatic heterocycles. The van der Waals surface area contributed by atoms with Crippen LogP contribution in [0.2, 0.25) is 0 Å². The average molecular weight is 249 g/mol. The van der Waals surface area contributed by atoms with Crippen molar-refractivity contribution in [1.82, 2.24) is 5.32 Å². The van der Waals surface area contributed by atoms with Crippen molar-refractivity contribution >= 4 is 0 Å². The van der Waals surface area contributed by atoms with Gasteiger partial charge < -0.3 is 19.9 Å². The van der Waals surface area contributed by atoms with E-state index in [4.69, 9.17) is 9.47 Å². The SMILES string of the molecule is Oc1ccc2c(c1)OCC2NCCC1CCOC1. The molecule has 0 aliphatic carbocycles. The molecule has 2 N–H and O–H groups in total. The number of phenols is 1. The molecule has 4 heteroatoms. The molecule has 0 saturated carbocycles. The number of aromatic hydroxyl groups is 1. The van der Waals surface area contributed by atoms with Crippen LogP contribution in [-0.2, 0) is 4.74 Å². The lowest BCUT2D eigenvalue weighted by Crippen LogP contribution is -2.25. The van der Waals surface area contributed by atoms with Gasteiger partial charge in [0.15, 0.2) is 0 Å². The zero-order chi connectivity index (χ0) is 12.4. The van der Waals surface area contributed by atoms with Crippen molar-refractivity contribution in [2.45, 2.75) is 18.9 Å². The highest BCUT2D eigenvalue weighted by molar-refractivity contribution is 5.44. The second-order valence-corrected chi connectivity index (χ2v) is 5.06. The predicted molar refractivity (Wildman–Crippen MR) is 67.9 cm³/mol. The molecule has 18 heavy (non-hydrogen) atoms. The van der Waals surface area contributed by atoms with Crippen LogP contribution in [-0.4, -0.2) is 31.5 Å². The highest BCUT2D eigenvalue weighted by atomic mass is 16.5. The zero-order valence-electron chi connectivity index (χ0n) is 10.4. The van der Waals surface area contributed by atoms with Gasteiger partial charge in [0.1, 0.15) is 18.1 Å². The Bertz CT molecular complexity index is 416. The van der Waals surface area contributed by atoms with E-state index < -0.39 is 0 Å². The molecule has 1 saturated heterocycles. The smallest absolute Gasteiger partial charge is 0.127 e. The Morgan fingerprint density at radius 2 is 2.28 bits per heavy atom. The van der Waals surface area contributed by atoms with Crippen molar-refractivity contribution < 1.29 is 14.6 Å². The van der Waals surface area contributed by atoms with Gasteiger partial charge in [-0.2, -0.15) is 0 Å². The Morgan fingerprint density at radius 3 is 3.11 bits per heavy atom. The number of phenolic OH excluding ortho intramolecular Hbond substituents is 1. The summed E-state index contributed by atoms with van der Waals surface area (Å²) in [5.41, 5.74) is 1.15. The lowest BCUT2D eigenvalue weighted by molar-refractivity contribution is 0.183. The monoisotopic (exact) mass is 249 g/mol. The largest absolute Gasteiger partial charge is 0.508 e. The topological polar surface area (TPSA) is 50.7 Å². The Kier molecular flexibility index (Phi) is 3.39. The molecule has 3 rings (SSSR count). The molecule has 2 atom stereocenters. The number of nitrogens with one attached hydrogen (secondary N) is 1. The van der Waals surface area contributed by atoms with Crippen LogP contribution in [0.15, 0.2) is 18.2 Å². The lowest BCUT2D eigenvalue weighted by Gasteiger charge is -2.13. The second-order valence-electron chi connectivity index (χ2n) is 5.06. The maximum Gasteiger partial charge on any atom is 0.127 e. The van der Waals surface area contributed by atoms with E-state index in [-0.39, 0.29) is 11.8 Å². The molecular formula is C14H19NO3. The minimum atomic E-state index is 0.253. The van der Waals surface area contributed by atoms with Crippen LogP contribution in [0.4, 0.5) is 0 Å². The van der Waals surface area contributed by atoms with E-state index in [0.717, 1.165) is 37.5 Å². The third-order valence-corrected chi connectivity index (χ3v) is 3.75. The fraction of sp³-hybridized carbons (Fsp3) is 0.571. The second kappa shape index (κ2) is 5.16. The van der Waals surface area contributed by atoms with E-state index in [1.165, 1.54) is 6.42 Å². The van der Waals surface area contributed by atoms with E-state index in [1.807, 2.05) is 6.07 Å². The van der Waals surface area contributed by atoms with Gasteiger partial charge in [-0.3, -0.25) is 0 Å². The normalized spacial score (nSPS) is 26.0. The highest BCUT2D eigenvalue weighted by Crippen LogP contribution is 2.34. The van der Waals surface area contributed by atoms with Crippen molar-refractivity contribution in [2.24, 2.45) is 5.92 Å². The number of hydrogen-bond acceptors (Lipinski definition) is 4. The van der Waals surface area contributed by atoms with Gasteiger partial charge in [0.2, 0.25) is 0 Å². The molecule has 2 unspecified atom stereocenters. The Hall–Kier alpha value is -1.26. The third-order valence-electron chi connectivity index (χ3n) is 3.75. The summed E-state index contributed by atoms with van der Waals surface area (Å²) in [6, 6.07) is 5.59. The molecule has 98 valence electrons. The predicted octanol–water partition coefficient (Wildman–Crippen LogP) is 1.84. The van der Waals surface area contributed by atoms with E-state index >= 15 is 0 Å². The first-order valence-corrected chi connectivity index (χ1v) is 6.60. The van der Waals surface area contributed by atoms with Crippen molar-refractivity contribution in [3.8, 4) is 11.5 Å². The number of fused-ring (bicyclic) bond motifs is 1. The summed E-state index contributed by atoms with van der Waals surface area (Å²) in [7, 11) is 0. The standard InChI is InChI=1S/C14H19NO3/c16-11-1-2-12-13(9-18-14(12)7-11)15-5-3-10-4-6-17-8-10/h1-2,7,10,13,15-16H,3-6,8-9H2. The molecule has 1 fully saturated rings. The van der Waals surface area contributed by atoms with Gasteiger partial charge in [0, 0.05) is 24.8 Å². The maximum absolute atomic E-state index is 9.39. The molecular weight excluding hydrogens is 230 g/mol. The van der Waals surface area contributed by atoms with Gasteiger partial charge in [-0.1, -0.05) is 0 Å². The van der Waals surface area contributed by atoms with E-state index in [0.29, 0.717) is 12.5 Å². The Balaban J connectivity index is 1.53. The summed E-state index contributed by atoms with van der Waals surface area (Å²) in [6.07, 6.45) is 2.34. The Labute approximate surface area is 107 Å². The summed E-state index contributed by atoms with van der Waals surface area (Å²) in [5.74, 6) is 1.77. The highest BCUT2D eigenvalue weighted by Gasteiger charge is 2.24. The van der Waals surface area contributed by atoms with Crippen molar-refractivity contribution in [2.75, 3.05) is 26.4 Å². The molecule has 0 bridgehead atoms. The fourth-order valence-electron chi connectivity index (χ4n) is 2.64. The van der Waals surface area contributed by atoms with Crippen LogP contribution >= 0.6 is 0 Å². The van der Waals surface area contributed by atoms with Gasteiger partial charge in [0.05, 0.1) is 6.04 Å². The molecule has 0 aromatic heterocycles. The van der Waals surface area contributed by atoms with E-state index in [2.05, 4.69) is 5.32 Å². The van der Waals surface area contributed by atoms with Gasteiger partial charge >= 0.3 is 0 Å². The van der Waals surface area contributed by atoms with Crippen LogP contribution in [0.5, 0.6) is 11.5 Å². The van der Waals surface area contributed by atoms with Crippen molar-refractivity contribution in [3.05, 3.63) is 23.8 Å².